The number of nitrogens with zero attached hydrogens (tertiary/aromatic N) is 3. The largest absolute Gasteiger partial charge is 0.369 e. The van der Waals surface area contributed by atoms with Crippen molar-refractivity contribution < 1.29 is 10.1 Å². The fourth-order valence-electron chi connectivity index (χ4n) is 4.50. The summed E-state index contributed by atoms with van der Waals surface area (Å²) in [5.74, 6) is 1.76. The van der Waals surface area contributed by atoms with Crippen LogP contribution in [-0.4, -0.2) is 47.0 Å². The van der Waals surface area contributed by atoms with Crippen molar-refractivity contribution in [3.63, 3.8) is 0 Å². The van der Waals surface area contributed by atoms with Crippen molar-refractivity contribution in [1.29, 1.82) is 0 Å². The number of carbonyl (C=O) groups excluding carboxylic acids is 1. The lowest BCUT2D eigenvalue weighted by Gasteiger charge is -2.24. The zero-order valence-corrected chi connectivity index (χ0v) is 19.2. The number of fused-ring (bicyclic) bond motifs is 2. The van der Waals surface area contributed by atoms with Gasteiger partial charge in [-0.1, -0.05) is 36.4 Å². The molecule has 0 bridgehead atoms. The number of para-hydroxylation sites is 1. The van der Waals surface area contributed by atoms with E-state index in [4.69, 9.17) is 9.97 Å². The van der Waals surface area contributed by atoms with Crippen LogP contribution in [0.1, 0.15) is 37.2 Å². The van der Waals surface area contributed by atoms with Crippen LogP contribution in [0.3, 0.4) is 0 Å². The fourth-order valence-corrected chi connectivity index (χ4v) is 4.50. The lowest BCUT2D eigenvalue weighted by Crippen LogP contribution is -2.83. The molecule has 4 rings (SSSR count). The molecular weight excluding hydrogens is 398 g/mol. The van der Waals surface area contributed by atoms with Crippen molar-refractivity contribution >= 4 is 22.6 Å². The number of carbonyl (C=O) groups is 1. The number of hydrogen-bond acceptors (Lipinski definition) is 4. The van der Waals surface area contributed by atoms with Gasteiger partial charge in [0.25, 0.3) is 0 Å². The van der Waals surface area contributed by atoms with Crippen LogP contribution >= 0.6 is 0 Å². The summed E-state index contributed by atoms with van der Waals surface area (Å²) in [5.41, 5.74) is 3.52. The lowest BCUT2D eigenvalue weighted by atomic mass is 10.0. The Bertz CT molecular complexity index is 1040. The summed E-state index contributed by atoms with van der Waals surface area (Å²) in [6, 6.07) is 16.5. The number of hydrogen-bond donors (Lipinski definition) is 2. The SMILES string of the molecule is CC[NH2+]CCCNc1nc(CN(CC)C(=O)C2Cc3ccccc3C2)nc2ccccc12. The van der Waals surface area contributed by atoms with E-state index in [0.29, 0.717) is 18.9 Å². The topological polar surface area (TPSA) is 74.7 Å². The molecule has 1 amide bonds. The Kier molecular flexibility index (Phi) is 7.32. The average molecular weight is 433 g/mol. The van der Waals surface area contributed by atoms with Gasteiger partial charge in [0.1, 0.15) is 5.82 Å². The van der Waals surface area contributed by atoms with Crippen molar-refractivity contribution in [2.45, 2.75) is 39.7 Å². The van der Waals surface area contributed by atoms with Crippen LogP contribution in [-0.2, 0) is 24.2 Å². The van der Waals surface area contributed by atoms with E-state index in [1.165, 1.54) is 11.1 Å². The molecule has 1 aliphatic carbocycles. The van der Waals surface area contributed by atoms with Gasteiger partial charge < -0.3 is 15.5 Å². The summed E-state index contributed by atoms with van der Waals surface area (Å²) in [4.78, 5) is 24.8. The van der Waals surface area contributed by atoms with E-state index in [1.807, 2.05) is 30.0 Å². The standard InChI is InChI=1S/C26H33N5O/c1-3-27-14-9-15-28-25-22-12-7-8-13-23(22)29-24(30-25)18-31(4-2)26(32)21-16-19-10-5-6-11-20(19)17-21/h5-8,10-13,21,27H,3-4,9,14-18H2,1-2H3,(H,28,29,30)/p+1. The monoisotopic (exact) mass is 432 g/mol. The molecule has 0 saturated carbocycles. The van der Waals surface area contributed by atoms with Crippen molar-refractivity contribution in [2.75, 3.05) is 31.5 Å². The van der Waals surface area contributed by atoms with Crippen molar-refractivity contribution in [1.82, 2.24) is 14.9 Å². The maximum Gasteiger partial charge on any atom is 0.226 e. The van der Waals surface area contributed by atoms with Crippen LogP contribution in [0.25, 0.3) is 10.9 Å². The third-order valence-electron chi connectivity index (χ3n) is 6.24. The summed E-state index contributed by atoms with van der Waals surface area (Å²) in [7, 11) is 0. The van der Waals surface area contributed by atoms with Gasteiger partial charge in [-0.2, -0.15) is 0 Å². The average Bonchev–Trinajstić information content (AvgIpc) is 3.26. The van der Waals surface area contributed by atoms with E-state index < -0.39 is 0 Å². The number of aromatic nitrogens is 2. The Balaban J connectivity index is 1.49. The molecule has 6 heteroatoms. The number of nitrogens with one attached hydrogen (secondary N) is 1. The Morgan fingerprint density at radius 3 is 2.50 bits per heavy atom. The van der Waals surface area contributed by atoms with Gasteiger partial charge in [0, 0.05) is 30.8 Å². The summed E-state index contributed by atoms with van der Waals surface area (Å²) in [6.45, 7) is 8.36. The van der Waals surface area contributed by atoms with Crippen LogP contribution in [0, 0.1) is 5.92 Å². The molecule has 1 heterocycles. The third-order valence-corrected chi connectivity index (χ3v) is 6.24. The molecule has 2 aromatic carbocycles. The molecule has 0 atom stereocenters. The Labute approximate surface area is 190 Å². The first-order valence-electron chi connectivity index (χ1n) is 11.9. The molecule has 0 spiro atoms. The van der Waals surface area contributed by atoms with E-state index in [2.05, 4.69) is 47.9 Å². The molecule has 0 radical (unpaired) electrons. The Hall–Kier alpha value is -2.99. The number of benzene rings is 2. The first-order chi connectivity index (χ1) is 15.7. The molecule has 168 valence electrons. The lowest BCUT2D eigenvalue weighted by molar-refractivity contribution is -0.651. The maximum absolute atomic E-state index is 13.3. The fraction of sp³-hybridized carbons (Fsp3) is 0.423. The zero-order valence-electron chi connectivity index (χ0n) is 19.2. The summed E-state index contributed by atoms with van der Waals surface area (Å²) in [5, 5.41) is 6.83. The molecule has 1 aromatic heterocycles. The van der Waals surface area contributed by atoms with Crippen LogP contribution in [0.15, 0.2) is 48.5 Å². The van der Waals surface area contributed by atoms with Crippen molar-refractivity contribution in [3.05, 3.63) is 65.5 Å². The molecule has 32 heavy (non-hydrogen) atoms. The quantitative estimate of drug-likeness (QED) is 0.483. The number of rotatable bonds is 10. The minimum Gasteiger partial charge on any atom is -0.369 e. The second kappa shape index (κ2) is 10.6. The second-order valence-electron chi connectivity index (χ2n) is 8.50. The van der Waals surface area contributed by atoms with Crippen molar-refractivity contribution in [2.24, 2.45) is 5.92 Å². The highest BCUT2D eigenvalue weighted by molar-refractivity contribution is 5.89. The molecule has 3 N–H and O–H groups in total. The number of amides is 1. The van der Waals surface area contributed by atoms with Crippen LogP contribution in [0.2, 0.25) is 0 Å². The highest BCUT2D eigenvalue weighted by Gasteiger charge is 2.30. The molecule has 0 aliphatic heterocycles. The van der Waals surface area contributed by atoms with E-state index in [9.17, 15) is 4.79 Å². The number of nitrogens with two attached hydrogens (primary N) is 1. The van der Waals surface area contributed by atoms with E-state index in [-0.39, 0.29) is 11.8 Å². The van der Waals surface area contributed by atoms with Crippen LogP contribution < -0.4 is 10.6 Å². The molecular formula is C26H34N5O+. The molecule has 0 unspecified atom stereocenters. The van der Waals surface area contributed by atoms with Gasteiger partial charge in [-0.15, -0.1) is 0 Å². The molecule has 6 nitrogen and oxygen atoms in total. The van der Waals surface area contributed by atoms with Crippen LogP contribution in [0.5, 0.6) is 0 Å². The van der Waals surface area contributed by atoms with E-state index in [0.717, 1.165) is 55.6 Å². The van der Waals surface area contributed by atoms with Gasteiger partial charge in [0.2, 0.25) is 5.91 Å². The Morgan fingerprint density at radius 1 is 1.06 bits per heavy atom. The predicted octanol–water partition coefficient (Wildman–Crippen LogP) is 2.78. The zero-order chi connectivity index (χ0) is 22.3. The van der Waals surface area contributed by atoms with Gasteiger partial charge in [-0.05, 0) is 49.9 Å². The predicted molar refractivity (Wildman–Crippen MR) is 128 cm³/mol. The molecule has 0 saturated heterocycles. The second-order valence-corrected chi connectivity index (χ2v) is 8.50. The summed E-state index contributed by atoms with van der Waals surface area (Å²) >= 11 is 0. The van der Waals surface area contributed by atoms with Gasteiger partial charge in [0.15, 0.2) is 5.82 Å². The van der Waals surface area contributed by atoms with E-state index >= 15 is 0 Å². The molecule has 3 aromatic rings. The molecule has 0 fully saturated rings. The minimum absolute atomic E-state index is 0.0141. The third kappa shape index (κ3) is 5.07. The van der Waals surface area contributed by atoms with Gasteiger partial charge in [0.05, 0.1) is 25.2 Å². The van der Waals surface area contributed by atoms with Gasteiger partial charge >= 0.3 is 0 Å². The Morgan fingerprint density at radius 2 is 1.78 bits per heavy atom. The first-order valence-corrected chi connectivity index (χ1v) is 11.9. The minimum atomic E-state index is 0.0141. The highest BCUT2D eigenvalue weighted by atomic mass is 16.2. The van der Waals surface area contributed by atoms with Gasteiger partial charge in [-0.25, -0.2) is 9.97 Å². The normalized spacial score (nSPS) is 13.3. The summed E-state index contributed by atoms with van der Waals surface area (Å²) in [6.07, 6.45) is 2.72. The summed E-state index contributed by atoms with van der Waals surface area (Å²) < 4.78 is 0. The maximum atomic E-state index is 13.3. The van der Waals surface area contributed by atoms with Gasteiger partial charge in [-0.3, -0.25) is 4.79 Å². The smallest absolute Gasteiger partial charge is 0.226 e. The number of quaternary nitrogens is 1. The first kappa shape index (κ1) is 22.2. The van der Waals surface area contributed by atoms with Crippen LogP contribution in [0.4, 0.5) is 5.82 Å². The number of anilines is 1. The van der Waals surface area contributed by atoms with E-state index in [1.54, 1.807) is 0 Å². The highest BCUT2D eigenvalue weighted by Crippen LogP contribution is 2.28. The van der Waals surface area contributed by atoms with Crippen molar-refractivity contribution in [3.8, 4) is 0 Å². The molecule has 1 aliphatic rings.